The second kappa shape index (κ2) is 10.2. The van der Waals surface area contributed by atoms with Gasteiger partial charge in [0, 0.05) is 43.6 Å². The van der Waals surface area contributed by atoms with Gasteiger partial charge in [0.2, 0.25) is 0 Å². The standard InChI is InChI=1S/C27H32N6O3/c1-4-35-16-22-31-24-25(33(22)15-17(2)3)23-21(30-26(24)28)13-20(14-29-23)18-6-5-7-19(12-18)27(34)32-8-10-36-11-9-32/h5-7,12-14,17H,4,8-11,15-16H2,1-3H3,(H2,28,30). The fraction of sp³-hybridized carbons (Fsp3) is 0.407. The SMILES string of the molecule is CCOCc1nc2c(N)nc3cc(-c4cccc(C(=O)N5CCOCC5)c4)cnc3c2n1CC(C)C. The number of carbonyl (C=O) groups excluding carboxylic acids is 1. The normalized spacial score (nSPS) is 14.3. The molecule has 0 aliphatic carbocycles. The van der Waals surface area contributed by atoms with Gasteiger partial charge in [-0.05, 0) is 36.6 Å². The van der Waals surface area contributed by atoms with Crippen molar-refractivity contribution in [2.75, 3.05) is 38.6 Å². The highest BCUT2D eigenvalue weighted by atomic mass is 16.5. The highest BCUT2D eigenvalue weighted by molar-refractivity contribution is 6.05. The molecule has 0 saturated carbocycles. The maximum absolute atomic E-state index is 13.0. The fourth-order valence-electron chi connectivity index (χ4n) is 4.63. The van der Waals surface area contributed by atoms with Crippen LogP contribution in [0, 0.1) is 5.92 Å². The van der Waals surface area contributed by atoms with Crippen molar-refractivity contribution in [2.45, 2.75) is 33.9 Å². The zero-order chi connectivity index (χ0) is 25.2. The van der Waals surface area contributed by atoms with E-state index in [1.807, 2.05) is 48.4 Å². The monoisotopic (exact) mass is 488 g/mol. The van der Waals surface area contributed by atoms with Crippen LogP contribution in [0.1, 0.15) is 37.0 Å². The molecular formula is C27H32N6O3. The predicted molar refractivity (Wildman–Crippen MR) is 140 cm³/mol. The Morgan fingerprint density at radius 3 is 2.69 bits per heavy atom. The number of rotatable bonds is 7. The van der Waals surface area contributed by atoms with E-state index >= 15 is 0 Å². The lowest BCUT2D eigenvalue weighted by atomic mass is 10.0. The van der Waals surface area contributed by atoms with Crippen molar-refractivity contribution in [3.63, 3.8) is 0 Å². The van der Waals surface area contributed by atoms with Gasteiger partial charge in [0.25, 0.3) is 5.91 Å². The van der Waals surface area contributed by atoms with Crippen molar-refractivity contribution < 1.29 is 14.3 Å². The summed E-state index contributed by atoms with van der Waals surface area (Å²) in [5.41, 5.74) is 11.8. The number of nitrogens with two attached hydrogens (primary N) is 1. The minimum atomic E-state index is 0.0115. The number of hydrogen-bond acceptors (Lipinski definition) is 7. The minimum absolute atomic E-state index is 0.0115. The quantitative estimate of drug-likeness (QED) is 0.420. The number of pyridine rings is 2. The van der Waals surface area contributed by atoms with E-state index in [2.05, 4.69) is 23.4 Å². The van der Waals surface area contributed by atoms with Crippen LogP contribution < -0.4 is 5.73 Å². The molecule has 0 spiro atoms. The largest absolute Gasteiger partial charge is 0.382 e. The fourth-order valence-corrected chi connectivity index (χ4v) is 4.63. The van der Waals surface area contributed by atoms with Crippen LogP contribution in [0.4, 0.5) is 5.82 Å². The third-order valence-corrected chi connectivity index (χ3v) is 6.35. The Bertz CT molecular complexity index is 1410. The van der Waals surface area contributed by atoms with Crippen LogP contribution in [0.25, 0.3) is 33.2 Å². The van der Waals surface area contributed by atoms with Gasteiger partial charge in [-0.25, -0.2) is 9.97 Å². The van der Waals surface area contributed by atoms with E-state index in [1.165, 1.54) is 0 Å². The number of aromatic nitrogens is 4. The zero-order valence-corrected chi connectivity index (χ0v) is 21.0. The molecule has 1 amide bonds. The number of anilines is 1. The van der Waals surface area contributed by atoms with E-state index in [-0.39, 0.29) is 5.91 Å². The predicted octanol–water partition coefficient (Wildman–Crippen LogP) is 3.89. The summed E-state index contributed by atoms with van der Waals surface area (Å²) in [6.45, 7) is 10.4. The Morgan fingerprint density at radius 2 is 1.94 bits per heavy atom. The molecule has 2 N–H and O–H groups in total. The lowest BCUT2D eigenvalue weighted by molar-refractivity contribution is 0.0303. The first kappa shape index (κ1) is 24.1. The number of benzene rings is 1. The summed E-state index contributed by atoms with van der Waals surface area (Å²) in [5.74, 6) is 1.60. The average molecular weight is 489 g/mol. The Hall–Kier alpha value is -3.56. The molecule has 36 heavy (non-hydrogen) atoms. The van der Waals surface area contributed by atoms with Gasteiger partial charge in [-0.3, -0.25) is 9.78 Å². The van der Waals surface area contributed by atoms with Crippen molar-refractivity contribution in [2.24, 2.45) is 5.92 Å². The molecule has 9 heteroatoms. The molecule has 188 valence electrons. The van der Waals surface area contributed by atoms with Gasteiger partial charge in [-0.2, -0.15) is 0 Å². The topological polar surface area (TPSA) is 108 Å². The Labute approximate surface area is 210 Å². The van der Waals surface area contributed by atoms with Crippen molar-refractivity contribution in [3.05, 3.63) is 47.9 Å². The molecule has 1 aliphatic heterocycles. The Kier molecular flexibility index (Phi) is 6.84. The molecule has 1 saturated heterocycles. The number of nitrogens with zero attached hydrogens (tertiary/aromatic N) is 5. The van der Waals surface area contributed by atoms with E-state index in [9.17, 15) is 4.79 Å². The van der Waals surface area contributed by atoms with Gasteiger partial charge >= 0.3 is 0 Å². The van der Waals surface area contributed by atoms with Crippen LogP contribution in [0.15, 0.2) is 36.5 Å². The molecule has 1 aromatic carbocycles. The molecule has 3 aromatic heterocycles. The lowest BCUT2D eigenvalue weighted by Gasteiger charge is -2.27. The third-order valence-electron chi connectivity index (χ3n) is 6.35. The van der Waals surface area contributed by atoms with Crippen LogP contribution in [-0.4, -0.2) is 63.2 Å². The van der Waals surface area contributed by atoms with Crippen LogP contribution >= 0.6 is 0 Å². The van der Waals surface area contributed by atoms with Gasteiger partial charge in [-0.1, -0.05) is 26.0 Å². The molecule has 9 nitrogen and oxygen atoms in total. The zero-order valence-electron chi connectivity index (χ0n) is 21.0. The summed E-state index contributed by atoms with van der Waals surface area (Å²) in [6, 6.07) is 9.61. The number of fused-ring (bicyclic) bond motifs is 3. The van der Waals surface area contributed by atoms with Crippen LogP contribution in [0.3, 0.4) is 0 Å². The molecule has 0 unspecified atom stereocenters. The first-order chi connectivity index (χ1) is 17.5. The minimum Gasteiger partial charge on any atom is -0.382 e. The number of morpholine rings is 1. The van der Waals surface area contributed by atoms with Crippen LogP contribution in [-0.2, 0) is 22.6 Å². The van der Waals surface area contributed by atoms with Gasteiger partial charge in [0.15, 0.2) is 5.82 Å². The molecule has 1 fully saturated rings. The van der Waals surface area contributed by atoms with Gasteiger partial charge < -0.3 is 24.7 Å². The molecule has 4 aromatic rings. The number of nitrogen functional groups attached to an aromatic ring is 1. The summed E-state index contributed by atoms with van der Waals surface area (Å²) in [5, 5.41) is 0. The van der Waals surface area contributed by atoms with Crippen molar-refractivity contribution in [3.8, 4) is 11.1 Å². The summed E-state index contributed by atoms with van der Waals surface area (Å²) in [4.78, 5) is 29.1. The Balaban J connectivity index is 1.57. The summed E-state index contributed by atoms with van der Waals surface area (Å²) < 4.78 is 13.2. The van der Waals surface area contributed by atoms with Crippen molar-refractivity contribution in [1.29, 1.82) is 0 Å². The second-order valence-corrected chi connectivity index (χ2v) is 9.44. The maximum Gasteiger partial charge on any atom is 0.254 e. The molecular weight excluding hydrogens is 456 g/mol. The smallest absolute Gasteiger partial charge is 0.254 e. The molecule has 0 radical (unpaired) electrons. The van der Waals surface area contributed by atoms with Gasteiger partial charge in [-0.15, -0.1) is 0 Å². The highest BCUT2D eigenvalue weighted by Crippen LogP contribution is 2.31. The lowest BCUT2D eigenvalue weighted by Crippen LogP contribution is -2.40. The molecule has 1 aliphatic rings. The first-order valence-electron chi connectivity index (χ1n) is 12.5. The average Bonchev–Trinajstić information content (AvgIpc) is 3.25. The van der Waals surface area contributed by atoms with Crippen LogP contribution in [0.2, 0.25) is 0 Å². The van der Waals surface area contributed by atoms with E-state index in [1.54, 1.807) is 0 Å². The molecule has 4 heterocycles. The number of ether oxygens (including phenoxy) is 2. The number of imidazole rings is 1. The van der Waals surface area contributed by atoms with Crippen LogP contribution in [0.5, 0.6) is 0 Å². The molecule has 0 bridgehead atoms. The first-order valence-corrected chi connectivity index (χ1v) is 12.5. The number of amides is 1. The van der Waals surface area contributed by atoms with E-state index in [0.717, 1.165) is 34.5 Å². The Morgan fingerprint density at radius 1 is 1.14 bits per heavy atom. The second-order valence-electron chi connectivity index (χ2n) is 9.44. The summed E-state index contributed by atoms with van der Waals surface area (Å²) in [6.07, 6.45) is 1.83. The summed E-state index contributed by atoms with van der Waals surface area (Å²) in [7, 11) is 0. The third kappa shape index (κ3) is 4.64. The number of hydrogen-bond donors (Lipinski definition) is 1. The number of carbonyl (C=O) groups is 1. The van der Waals surface area contributed by atoms with Gasteiger partial charge in [0.1, 0.15) is 29.0 Å². The van der Waals surface area contributed by atoms with Crippen molar-refractivity contribution in [1.82, 2.24) is 24.4 Å². The molecule has 5 rings (SSSR count). The van der Waals surface area contributed by atoms with E-state index < -0.39 is 0 Å². The summed E-state index contributed by atoms with van der Waals surface area (Å²) >= 11 is 0. The highest BCUT2D eigenvalue weighted by Gasteiger charge is 2.21. The van der Waals surface area contributed by atoms with Gasteiger partial charge in [0.05, 0.1) is 18.7 Å². The van der Waals surface area contributed by atoms with E-state index in [4.69, 9.17) is 25.2 Å². The van der Waals surface area contributed by atoms with E-state index in [0.29, 0.717) is 67.8 Å². The van der Waals surface area contributed by atoms with Crippen molar-refractivity contribution >= 4 is 33.8 Å². The molecule has 0 atom stereocenters. The maximum atomic E-state index is 13.0.